The number of nitrogens with zero attached hydrogens (tertiary/aromatic N) is 3. The third-order valence-corrected chi connectivity index (χ3v) is 6.93. The lowest BCUT2D eigenvalue weighted by molar-refractivity contribution is -0.136. The highest BCUT2D eigenvalue weighted by Crippen LogP contribution is 2.35. The van der Waals surface area contributed by atoms with E-state index >= 15 is 0 Å². The van der Waals surface area contributed by atoms with Gasteiger partial charge in [0.05, 0.1) is 11.1 Å². The van der Waals surface area contributed by atoms with Gasteiger partial charge in [-0.3, -0.25) is 19.7 Å². The molecule has 2 fully saturated rings. The van der Waals surface area contributed by atoms with Gasteiger partial charge in [0.2, 0.25) is 11.8 Å². The first-order valence-electron chi connectivity index (χ1n) is 11.6. The highest BCUT2D eigenvalue weighted by molar-refractivity contribution is 6.05. The first-order chi connectivity index (χ1) is 16.5. The van der Waals surface area contributed by atoms with Gasteiger partial charge in [-0.2, -0.15) is 0 Å². The van der Waals surface area contributed by atoms with Crippen molar-refractivity contribution in [3.8, 4) is 17.0 Å². The minimum absolute atomic E-state index is 0.123. The Kier molecular flexibility index (Phi) is 4.88. The van der Waals surface area contributed by atoms with Crippen molar-refractivity contribution in [1.29, 1.82) is 0 Å². The molecule has 0 radical (unpaired) electrons. The first-order valence-corrected chi connectivity index (χ1v) is 11.6. The summed E-state index contributed by atoms with van der Waals surface area (Å²) in [6.45, 7) is 2.10. The number of fused-ring (bicyclic) bond motifs is 2. The van der Waals surface area contributed by atoms with Crippen LogP contribution in [0.1, 0.15) is 35.2 Å². The molecule has 0 spiro atoms. The number of hydrogen-bond acceptors (Lipinski definition) is 6. The molecule has 5 heterocycles. The lowest BCUT2D eigenvalue weighted by atomic mass is 10.0. The van der Waals surface area contributed by atoms with E-state index < -0.39 is 11.9 Å². The molecule has 3 aliphatic heterocycles. The number of ether oxygens (including phenoxy) is 1. The summed E-state index contributed by atoms with van der Waals surface area (Å²) in [5.41, 5.74) is 3.92. The van der Waals surface area contributed by atoms with E-state index in [0.29, 0.717) is 18.5 Å². The van der Waals surface area contributed by atoms with Gasteiger partial charge in [-0.1, -0.05) is 6.07 Å². The van der Waals surface area contributed by atoms with Crippen LogP contribution in [0, 0.1) is 0 Å². The van der Waals surface area contributed by atoms with Crippen LogP contribution in [0.5, 0.6) is 5.75 Å². The molecule has 2 N–H and O–H groups in total. The Morgan fingerprint density at radius 2 is 2.00 bits per heavy atom. The van der Waals surface area contributed by atoms with Gasteiger partial charge in [-0.25, -0.2) is 4.98 Å². The van der Waals surface area contributed by atoms with E-state index in [1.807, 2.05) is 42.1 Å². The highest BCUT2D eigenvalue weighted by Gasteiger charge is 2.39. The largest absolute Gasteiger partial charge is 0.488 e. The average molecular weight is 460 g/mol. The molecule has 0 saturated carbocycles. The van der Waals surface area contributed by atoms with Crippen LogP contribution in [0.15, 0.2) is 36.5 Å². The lowest BCUT2D eigenvalue weighted by Gasteiger charge is -2.29. The highest BCUT2D eigenvalue weighted by atomic mass is 16.5. The number of hydrogen-bond donors (Lipinski definition) is 2. The average Bonchev–Trinajstić information content (AvgIpc) is 3.54. The molecule has 2 aromatic heterocycles. The van der Waals surface area contributed by atoms with Crippen LogP contribution < -0.4 is 15.4 Å². The summed E-state index contributed by atoms with van der Waals surface area (Å²) in [5.74, 6) is -0.0754. The van der Waals surface area contributed by atoms with Crippen molar-refractivity contribution in [2.24, 2.45) is 7.05 Å². The van der Waals surface area contributed by atoms with E-state index in [1.165, 1.54) is 0 Å². The Balaban J connectivity index is 1.34. The second-order valence-electron chi connectivity index (χ2n) is 9.17. The van der Waals surface area contributed by atoms with Crippen LogP contribution >= 0.6 is 0 Å². The summed E-state index contributed by atoms with van der Waals surface area (Å²) in [4.78, 5) is 43.3. The van der Waals surface area contributed by atoms with Crippen molar-refractivity contribution in [2.75, 3.05) is 13.1 Å². The van der Waals surface area contributed by atoms with Gasteiger partial charge in [0.15, 0.2) is 0 Å². The number of carbonyl (C=O) groups excluding carboxylic acids is 3. The van der Waals surface area contributed by atoms with Gasteiger partial charge in [-0.05, 0) is 43.1 Å². The molecule has 1 unspecified atom stereocenters. The Hall–Kier alpha value is -3.72. The summed E-state index contributed by atoms with van der Waals surface area (Å²) in [5, 5.41) is 6.65. The molecule has 174 valence electrons. The Labute approximate surface area is 196 Å². The van der Waals surface area contributed by atoms with Crippen molar-refractivity contribution >= 4 is 28.8 Å². The van der Waals surface area contributed by atoms with Crippen LogP contribution in [0.2, 0.25) is 0 Å². The maximum Gasteiger partial charge on any atom is 0.255 e. The number of rotatable bonds is 4. The molecular weight excluding hydrogens is 434 g/mol. The molecule has 3 aliphatic rings. The minimum atomic E-state index is -0.626. The zero-order valence-corrected chi connectivity index (χ0v) is 18.8. The Bertz CT molecular complexity index is 1340. The molecule has 6 rings (SSSR count). The number of piperidine rings is 1. The standard InChI is InChI=1S/C25H25N5O4/c1-29-9-7-18-21(34-16-6-8-26-12-16)11-19(27-23(18)29)14-2-3-17-15(10-14)13-30(25(17)33)20-4-5-22(31)28-24(20)32/h2-3,7,9-11,16,20,26H,4-6,8,12-13H2,1H3,(H,28,31,32)/t16-,20?/m1/s1. The fraction of sp³-hybridized carbons (Fsp3) is 0.360. The molecule has 9 nitrogen and oxygen atoms in total. The SMILES string of the molecule is Cn1ccc2c(O[C@@H]3CCNC3)cc(-c3ccc4c(c3)CN(C3CCC(=O)NC3=O)C4=O)nc21. The maximum atomic E-state index is 13.0. The van der Waals surface area contributed by atoms with Gasteiger partial charge >= 0.3 is 0 Å². The molecule has 0 bridgehead atoms. The molecule has 3 amide bonds. The summed E-state index contributed by atoms with van der Waals surface area (Å²) >= 11 is 0. The normalized spacial score (nSPS) is 22.4. The van der Waals surface area contributed by atoms with E-state index in [4.69, 9.17) is 9.72 Å². The Morgan fingerprint density at radius 3 is 2.79 bits per heavy atom. The second kappa shape index (κ2) is 7.95. The predicted molar refractivity (Wildman–Crippen MR) is 124 cm³/mol. The van der Waals surface area contributed by atoms with E-state index in [0.717, 1.165) is 53.1 Å². The number of amides is 3. The van der Waals surface area contributed by atoms with Gasteiger partial charge in [0.25, 0.3) is 5.91 Å². The predicted octanol–water partition coefficient (Wildman–Crippen LogP) is 1.74. The van der Waals surface area contributed by atoms with E-state index in [1.54, 1.807) is 11.0 Å². The Morgan fingerprint density at radius 1 is 1.12 bits per heavy atom. The van der Waals surface area contributed by atoms with Crippen LogP contribution in [-0.4, -0.2) is 57.4 Å². The number of aromatic nitrogens is 2. The van der Waals surface area contributed by atoms with Crippen LogP contribution in [-0.2, 0) is 23.2 Å². The summed E-state index contributed by atoms with van der Waals surface area (Å²) in [6, 6.07) is 9.02. The zero-order valence-electron chi connectivity index (χ0n) is 18.8. The van der Waals surface area contributed by atoms with Crippen molar-refractivity contribution < 1.29 is 19.1 Å². The van der Waals surface area contributed by atoms with Gasteiger partial charge in [-0.15, -0.1) is 0 Å². The molecule has 2 atom stereocenters. The van der Waals surface area contributed by atoms with E-state index in [9.17, 15) is 14.4 Å². The van der Waals surface area contributed by atoms with Crippen molar-refractivity contribution in [1.82, 2.24) is 25.1 Å². The summed E-state index contributed by atoms with van der Waals surface area (Å²) in [6.07, 6.45) is 3.64. The third-order valence-electron chi connectivity index (χ3n) is 6.93. The summed E-state index contributed by atoms with van der Waals surface area (Å²) in [7, 11) is 1.96. The van der Waals surface area contributed by atoms with E-state index in [-0.39, 0.29) is 24.3 Å². The number of pyridine rings is 1. The number of imide groups is 1. The van der Waals surface area contributed by atoms with Gasteiger partial charge < -0.3 is 19.5 Å². The van der Waals surface area contributed by atoms with Gasteiger partial charge in [0, 0.05) is 49.9 Å². The van der Waals surface area contributed by atoms with Crippen molar-refractivity contribution in [3.63, 3.8) is 0 Å². The molecule has 0 aliphatic carbocycles. The zero-order chi connectivity index (χ0) is 23.4. The van der Waals surface area contributed by atoms with Crippen LogP contribution in [0.25, 0.3) is 22.3 Å². The molecule has 9 heteroatoms. The van der Waals surface area contributed by atoms with Crippen molar-refractivity contribution in [3.05, 3.63) is 47.7 Å². The quantitative estimate of drug-likeness (QED) is 0.576. The maximum absolute atomic E-state index is 13.0. The molecule has 1 aromatic carbocycles. The molecular formula is C25H25N5O4. The minimum Gasteiger partial charge on any atom is -0.488 e. The first kappa shape index (κ1) is 20.9. The van der Waals surface area contributed by atoms with Gasteiger partial charge in [0.1, 0.15) is 23.5 Å². The number of carbonyl (C=O) groups is 3. The van der Waals surface area contributed by atoms with Crippen LogP contribution in [0.4, 0.5) is 0 Å². The monoisotopic (exact) mass is 459 g/mol. The summed E-state index contributed by atoms with van der Waals surface area (Å²) < 4.78 is 8.31. The number of nitrogens with one attached hydrogen (secondary N) is 2. The lowest BCUT2D eigenvalue weighted by Crippen LogP contribution is -2.52. The third kappa shape index (κ3) is 3.43. The number of aryl methyl sites for hydroxylation is 1. The molecule has 3 aromatic rings. The fourth-order valence-corrected chi connectivity index (χ4v) is 5.09. The molecule has 2 saturated heterocycles. The smallest absolute Gasteiger partial charge is 0.255 e. The van der Waals surface area contributed by atoms with E-state index in [2.05, 4.69) is 10.6 Å². The molecule has 34 heavy (non-hydrogen) atoms. The van der Waals surface area contributed by atoms with Crippen molar-refractivity contribution in [2.45, 2.75) is 38.0 Å². The topological polar surface area (TPSA) is 106 Å². The second-order valence-corrected chi connectivity index (χ2v) is 9.17. The fourth-order valence-electron chi connectivity index (χ4n) is 5.09. The van der Waals surface area contributed by atoms with Crippen LogP contribution in [0.3, 0.4) is 0 Å². The number of benzene rings is 1.